The van der Waals surface area contributed by atoms with Gasteiger partial charge < -0.3 is 15.0 Å². The van der Waals surface area contributed by atoms with E-state index in [1.54, 1.807) is 13.2 Å². The molecule has 2 aromatic carbocycles. The fourth-order valence-corrected chi connectivity index (χ4v) is 3.07. The molecule has 0 saturated heterocycles. The highest BCUT2D eigenvalue weighted by molar-refractivity contribution is 6.30. The molecule has 0 aliphatic heterocycles. The quantitative estimate of drug-likeness (QED) is 0.726. The maximum atomic E-state index is 12.5. The third kappa shape index (κ3) is 3.24. The number of ether oxygens (including phenoxy) is 1. The number of H-pyrrole nitrogens is 1. The van der Waals surface area contributed by atoms with Gasteiger partial charge in [-0.15, -0.1) is 0 Å². The Morgan fingerprint density at radius 2 is 2.00 bits per heavy atom. The minimum atomic E-state index is -0.0627. The van der Waals surface area contributed by atoms with Crippen molar-refractivity contribution < 1.29 is 9.53 Å². The van der Waals surface area contributed by atoms with Gasteiger partial charge in [0.2, 0.25) is 5.91 Å². The molecule has 4 nitrogen and oxygen atoms in total. The number of amides is 1. The fourth-order valence-electron chi connectivity index (χ4n) is 2.84. The van der Waals surface area contributed by atoms with Crippen LogP contribution in [0.2, 0.25) is 5.02 Å². The maximum Gasteiger partial charge on any atom is 0.228 e. The van der Waals surface area contributed by atoms with Crippen LogP contribution in [0.15, 0.2) is 36.4 Å². The van der Waals surface area contributed by atoms with E-state index in [2.05, 4.69) is 10.3 Å². The maximum absolute atomic E-state index is 12.5. The number of hydrogen-bond donors (Lipinski definition) is 2. The summed E-state index contributed by atoms with van der Waals surface area (Å²) in [6.07, 6.45) is 0.293. The summed E-state index contributed by atoms with van der Waals surface area (Å²) in [6.45, 7) is 3.89. The third-order valence-electron chi connectivity index (χ3n) is 4.13. The highest BCUT2D eigenvalue weighted by atomic mass is 35.5. The lowest BCUT2D eigenvalue weighted by Gasteiger charge is -2.09. The van der Waals surface area contributed by atoms with Crippen LogP contribution in [-0.2, 0) is 11.2 Å². The molecule has 24 heavy (non-hydrogen) atoms. The topological polar surface area (TPSA) is 54.1 Å². The van der Waals surface area contributed by atoms with Crippen LogP contribution in [0.25, 0.3) is 10.9 Å². The summed E-state index contributed by atoms with van der Waals surface area (Å²) in [6, 6.07) is 11.2. The van der Waals surface area contributed by atoms with E-state index in [-0.39, 0.29) is 5.91 Å². The van der Waals surface area contributed by atoms with Gasteiger partial charge in [0.15, 0.2) is 0 Å². The highest BCUT2D eigenvalue weighted by Gasteiger charge is 2.14. The highest BCUT2D eigenvalue weighted by Crippen LogP contribution is 2.27. The number of benzene rings is 2. The van der Waals surface area contributed by atoms with Crippen LogP contribution in [-0.4, -0.2) is 18.0 Å². The van der Waals surface area contributed by atoms with Crippen LogP contribution in [0, 0.1) is 13.8 Å². The standard InChI is InChI=1S/C19H19ClN2O2/c1-11-8-13(20)4-6-17(11)22-19(23)10-15-12(2)21-18-7-5-14(24-3)9-16(15)18/h4-9,21H,10H2,1-3H3,(H,22,23). The summed E-state index contributed by atoms with van der Waals surface area (Å²) >= 11 is 5.95. The lowest BCUT2D eigenvalue weighted by molar-refractivity contribution is -0.115. The SMILES string of the molecule is COc1ccc2[nH]c(C)c(CC(=O)Nc3ccc(Cl)cc3C)c2c1. The van der Waals surface area contributed by atoms with Gasteiger partial charge in [-0.05, 0) is 61.4 Å². The molecule has 124 valence electrons. The smallest absolute Gasteiger partial charge is 0.228 e. The van der Waals surface area contributed by atoms with Crippen molar-refractivity contribution in [2.75, 3.05) is 12.4 Å². The lowest BCUT2D eigenvalue weighted by atomic mass is 10.1. The number of methoxy groups -OCH3 is 1. The van der Waals surface area contributed by atoms with Crippen molar-refractivity contribution in [3.63, 3.8) is 0 Å². The van der Waals surface area contributed by atoms with E-state index in [1.165, 1.54) is 0 Å². The van der Waals surface area contributed by atoms with Crippen LogP contribution in [0.1, 0.15) is 16.8 Å². The second-order valence-electron chi connectivity index (χ2n) is 5.82. The van der Waals surface area contributed by atoms with Crippen molar-refractivity contribution in [3.05, 3.63) is 58.2 Å². The summed E-state index contributed by atoms with van der Waals surface area (Å²) in [7, 11) is 1.64. The van der Waals surface area contributed by atoms with Crippen molar-refractivity contribution in [1.82, 2.24) is 4.98 Å². The molecule has 0 bridgehead atoms. The molecule has 1 aromatic heterocycles. The van der Waals surface area contributed by atoms with E-state index >= 15 is 0 Å². The van der Waals surface area contributed by atoms with Crippen LogP contribution < -0.4 is 10.1 Å². The Labute approximate surface area is 145 Å². The first-order chi connectivity index (χ1) is 11.5. The first-order valence-corrected chi connectivity index (χ1v) is 8.07. The Morgan fingerprint density at radius 1 is 1.21 bits per heavy atom. The van der Waals surface area contributed by atoms with E-state index in [4.69, 9.17) is 16.3 Å². The van der Waals surface area contributed by atoms with Crippen molar-refractivity contribution in [1.29, 1.82) is 0 Å². The van der Waals surface area contributed by atoms with E-state index in [0.29, 0.717) is 11.4 Å². The van der Waals surface area contributed by atoms with Crippen molar-refractivity contribution in [2.24, 2.45) is 0 Å². The van der Waals surface area contributed by atoms with Gasteiger partial charge in [-0.2, -0.15) is 0 Å². The zero-order chi connectivity index (χ0) is 17.3. The number of halogens is 1. The number of fused-ring (bicyclic) bond motifs is 1. The summed E-state index contributed by atoms with van der Waals surface area (Å²) in [5, 5.41) is 4.62. The van der Waals surface area contributed by atoms with Crippen molar-refractivity contribution in [3.8, 4) is 5.75 Å². The molecule has 0 aliphatic rings. The van der Waals surface area contributed by atoms with Crippen LogP contribution in [0.5, 0.6) is 5.75 Å². The zero-order valence-corrected chi connectivity index (χ0v) is 14.6. The summed E-state index contributed by atoms with van der Waals surface area (Å²) in [5.41, 5.74) is 4.68. The second kappa shape index (κ2) is 6.57. The van der Waals surface area contributed by atoms with Gasteiger partial charge in [-0.3, -0.25) is 4.79 Å². The van der Waals surface area contributed by atoms with Crippen molar-refractivity contribution >= 4 is 34.1 Å². The Hall–Kier alpha value is -2.46. The molecule has 0 radical (unpaired) electrons. The molecule has 0 saturated carbocycles. The fraction of sp³-hybridized carbons (Fsp3) is 0.211. The summed E-state index contributed by atoms with van der Waals surface area (Å²) in [5.74, 6) is 0.712. The molecule has 0 atom stereocenters. The molecule has 3 aromatic rings. The average molecular weight is 343 g/mol. The molecule has 0 fully saturated rings. The van der Waals surface area contributed by atoms with E-state index < -0.39 is 0 Å². The number of aryl methyl sites for hydroxylation is 2. The molecule has 1 amide bonds. The largest absolute Gasteiger partial charge is 0.497 e. The first-order valence-electron chi connectivity index (χ1n) is 7.69. The van der Waals surface area contributed by atoms with Crippen LogP contribution in [0.4, 0.5) is 5.69 Å². The normalized spacial score (nSPS) is 10.8. The number of carbonyl (C=O) groups is 1. The molecular weight excluding hydrogens is 324 g/mol. The van der Waals surface area contributed by atoms with Crippen LogP contribution in [0.3, 0.4) is 0 Å². The predicted octanol–water partition coefficient (Wildman–Crippen LogP) is 4.63. The molecule has 1 heterocycles. The minimum absolute atomic E-state index is 0.0627. The number of rotatable bonds is 4. The molecule has 5 heteroatoms. The second-order valence-corrected chi connectivity index (χ2v) is 6.26. The molecule has 0 unspecified atom stereocenters. The van der Waals surface area contributed by atoms with E-state index in [1.807, 2.05) is 44.2 Å². The van der Waals surface area contributed by atoms with Gasteiger partial charge in [0, 0.05) is 27.3 Å². The van der Waals surface area contributed by atoms with E-state index in [9.17, 15) is 4.79 Å². The summed E-state index contributed by atoms with van der Waals surface area (Å²) < 4.78 is 5.29. The van der Waals surface area contributed by atoms with E-state index in [0.717, 1.165) is 39.2 Å². The van der Waals surface area contributed by atoms with Gasteiger partial charge in [0.05, 0.1) is 13.5 Å². The first kappa shape index (κ1) is 16.4. The molecular formula is C19H19ClN2O2. The number of hydrogen-bond acceptors (Lipinski definition) is 2. The zero-order valence-electron chi connectivity index (χ0n) is 13.9. The number of anilines is 1. The average Bonchev–Trinajstić information content (AvgIpc) is 2.85. The number of nitrogens with one attached hydrogen (secondary N) is 2. The number of carbonyl (C=O) groups excluding carboxylic acids is 1. The van der Waals surface area contributed by atoms with Crippen molar-refractivity contribution in [2.45, 2.75) is 20.3 Å². The third-order valence-corrected chi connectivity index (χ3v) is 4.36. The molecule has 2 N–H and O–H groups in total. The Kier molecular flexibility index (Phi) is 4.49. The van der Waals surface area contributed by atoms with Crippen LogP contribution >= 0.6 is 11.6 Å². The molecule has 3 rings (SSSR count). The van der Waals surface area contributed by atoms with Gasteiger partial charge in [0.1, 0.15) is 5.75 Å². The monoisotopic (exact) mass is 342 g/mol. The molecule has 0 aliphatic carbocycles. The van der Waals surface area contributed by atoms with Gasteiger partial charge in [0.25, 0.3) is 0 Å². The minimum Gasteiger partial charge on any atom is -0.497 e. The van der Waals surface area contributed by atoms with Gasteiger partial charge in [-0.25, -0.2) is 0 Å². The number of aromatic amines is 1. The Morgan fingerprint density at radius 3 is 2.71 bits per heavy atom. The summed E-state index contributed by atoms with van der Waals surface area (Å²) in [4.78, 5) is 15.8. The molecule has 0 spiro atoms. The number of aromatic nitrogens is 1. The Bertz CT molecular complexity index is 915. The van der Waals surface area contributed by atoms with Gasteiger partial charge >= 0.3 is 0 Å². The Balaban J connectivity index is 1.86. The van der Waals surface area contributed by atoms with Gasteiger partial charge in [-0.1, -0.05) is 11.6 Å². The predicted molar refractivity (Wildman–Crippen MR) is 98.1 cm³/mol. The lowest BCUT2D eigenvalue weighted by Crippen LogP contribution is -2.15.